The molecule has 37 heavy (non-hydrogen) atoms. The molecule has 0 radical (unpaired) electrons. The summed E-state index contributed by atoms with van der Waals surface area (Å²) in [5, 5.41) is 0. The van der Waals surface area contributed by atoms with E-state index in [0.717, 1.165) is 62.8 Å². The Hall–Kier alpha value is -3.09. The average molecular weight is 498 g/mol. The largest absolute Gasteiger partial charge is 0.338 e. The summed E-state index contributed by atoms with van der Waals surface area (Å²) < 4.78 is 0. The van der Waals surface area contributed by atoms with Crippen LogP contribution in [0.15, 0.2) is 60.7 Å². The quantitative estimate of drug-likeness (QED) is 0.507. The summed E-state index contributed by atoms with van der Waals surface area (Å²) in [7, 11) is 0. The summed E-state index contributed by atoms with van der Waals surface area (Å²) in [5.41, 5.74) is 4.96. The van der Waals surface area contributed by atoms with Crippen molar-refractivity contribution in [2.75, 3.05) is 32.7 Å². The number of nitrogens with zero attached hydrogens (tertiary/aromatic N) is 5. The molecule has 6 heteroatoms. The first kappa shape index (κ1) is 25.6. The number of rotatable bonds is 5. The van der Waals surface area contributed by atoms with Crippen molar-refractivity contribution >= 4 is 5.91 Å². The highest BCUT2D eigenvalue weighted by molar-refractivity contribution is 5.96. The third-order valence-corrected chi connectivity index (χ3v) is 8.14. The SMILES string of the molecule is Cc1nc(C)c(C(=O)N2CCC(N3CCN(C(c4ccccc4)c4ccccc4)[C@@H](C)C3)CC2)c(C)n1. The Morgan fingerprint density at radius 2 is 1.35 bits per heavy atom. The molecule has 2 fully saturated rings. The highest BCUT2D eigenvalue weighted by Gasteiger charge is 2.35. The molecule has 0 saturated carbocycles. The Morgan fingerprint density at radius 3 is 1.86 bits per heavy atom. The van der Waals surface area contributed by atoms with Crippen LogP contribution in [0.1, 0.15) is 64.5 Å². The van der Waals surface area contributed by atoms with Gasteiger partial charge in [-0.2, -0.15) is 0 Å². The number of piperazine rings is 1. The van der Waals surface area contributed by atoms with E-state index < -0.39 is 0 Å². The second kappa shape index (κ2) is 11.1. The molecule has 1 atom stereocenters. The molecule has 1 amide bonds. The van der Waals surface area contributed by atoms with Gasteiger partial charge in [-0.1, -0.05) is 60.7 Å². The molecule has 2 saturated heterocycles. The molecule has 0 spiro atoms. The van der Waals surface area contributed by atoms with Gasteiger partial charge in [0.2, 0.25) is 0 Å². The van der Waals surface area contributed by atoms with Gasteiger partial charge >= 0.3 is 0 Å². The van der Waals surface area contributed by atoms with Crippen molar-refractivity contribution in [3.8, 4) is 0 Å². The van der Waals surface area contributed by atoms with Gasteiger partial charge in [-0.05, 0) is 51.7 Å². The minimum absolute atomic E-state index is 0.0835. The van der Waals surface area contributed by atoms with E-state index in [0.29, 0.717) is 17.6 Å². The van der Waals surface area contributed by atoms with E-state index in [2.05, 4.69) is 87.4 Å². The molecule has 5 rings (SSSR count). The smallest absolute Gasteiger partial charge is 0.257 e. The third kappa shape index (κ3) is 5.46. The van der Waals surface area contributed by atoms with Gasteiger partial charge in [0.05, 0.1) is 23.0 Å². The van der Waals surface area contributed by atoms with Crippen LogP contribution in [0.4, 0.5) is 0 Å². The minimum Gasteiger partial charge on any atom is -0.338 e. The number of amides is 1. The molecule has 3 aromatic rings. The summed E-state index contributed by atoms with van der Waals surface area (Å²) in [6.07, 6.45) is 2.04. The van der Waals surface area contributed by atoms with Gasteiger partial charge < -0.3 is 4.90 Å². The maximum absolute atomic E-state index is 13.3. The van der Waals surface area contributed by atoms with Crippen LogP contribution in [-0.2, 0) is 0 Å². The van der Waals surface area contributed by atoms with Crippen LogP contribution in [0, 0.1) is 20.8 Å². The number of piperidine rings is 1. The standard InChI is InChI=1S/C31H39N5O/c1-22-21-35(19-20-36(22)30(26-11-7-5-8-12-26)27-13-9-6-10-14-27)28-15-17-34(18-16-28)31(37)29-23(2)32-25(4)33-24(29)3/h5-14,22,28,30H,15-21H2,1-4H3/t22-/m0/s1. The van der Waals surface area contributed by atoms with Crippen LogP contribution in [0.5, 0.6) is 0 Å². The van der Waals surface area contributed by atoms with Gasteiger partial charge in [-0.3, -0.25) is 14.6 Å². The molecule has 2 aliphatic heterocycles. The van der Waals surface area contributed by atoms with Crippen molar-refractivity contribution < 1.29 is 4.79 Å². The molecule has 0 unspecified atom stereocenters. The Morgan fingerprint density at radius 1 is 0.811 bits per heavy atom. The molecular formula is C31H39N5O. The van der Waals surface area contributed by atoms with E-state index in [1.54, 1.807) is 0 Å². The van der Waals surface area contributed by atoms with Gasteiger partial charge in [-0.25, -0.2) is 9.97 Å². The normalized spacial score (nSPS) is 19.9. The van der Waals surface area contributed by atoms with Crippen LogP contribution in [-0.4, -0.2) is 75.4 Å². The zero-order valence-electron chi connectivity index (χ0n) is 22.6. The first-order chi connectivity index (χ1) is 17.9. The summed E-state index contributed by atoms with van der Waals surface area (Å²) in [4.78, 5) is 29.5. The number of aromatic nitrogens is 2. The highest BCUT2D eigenvalue weighted by atomic mass is 16.2. The fraction of sp³-hybridized carbons (Fsp3) is 0.452. The second-order valence-electron chi connectivity index (χ2n) is 10.6. The molecular weight excluding hydrogens is 458 g/mol. The highest BCUT2D eigenvalue weighted by Crippen LogP contribution is 2.33. The summed E-state index contributed by atoms with van der Waals surface area (Å²) in [6.45, 7) is 12.8. The van der Waals surface area contributed by atoms with Gasteiger partial charge in [0, 0.05) is 44.8 Å². The van der Waals surface area contributed by atoms with Gasteiger partial charge in [0.15, 0.2) is 0 Å². The lowest BCUT2D eigenvalue weighted by Gasteiger charge is -2.48. The van der Waals surface area contributed by atoms with E-state index in [1.165, 1.54) is 11.1 Å². The van der Waals surface area contributed by atoms with Gasteiger partial charge in [0.25, 0.3) is 5.91 Å². The molecule has 0 aliphatic carbocycles. The molecule has 194 valence electrons. The number of hydrogen-bond donors (Lipinski definition) is 0. The first-order valence-electron chi connectivity index (χ1n) is 13.6. The predicted molar refractivity (Wildman–Crippen MR) is 148 cm³/mol. The van der Waals surface area contributed by atoms with E-state index >= 15 is 0 Å². The zero-order valence-corrected chi connectivity index (χ0v) is 22.6. The van der Waals surface area contributed by atoms with Crippen molar-refractivity contribution in [1.29, 1.82) is 0 Å². The minimum atomic E-state index is 0.0835. The maximum atomic E-state index is 13.3. The van der Waals surface area contributed by atoms with E-state index in [1.807, 2.05) is 25.7 Å². The number of hydrogen-bond acceptors (Lipinski definition) is 5. The van der Waals surface area contributed by atoms with Crippen LogP contribution in [0.25, 0.3) is 0 Å². The molecule has 0 N–H and O–H groups in total. The number of aryl methyl sites for hydroxylation is 3. The van der Waals surface area contributed by atoms with Crippen LogP contribution in [0.2, 0.25) is 0 Å². The van der Waals surface area contributed by atoms with E-state index in [9.17, 15) is 4.79 Å². The lowest BCUT2D eigenvalue weighted by Crippen LogP contribution is -2.57. The topological polar surface area (TPSA) is 52.6 Å². The number of carbonyl (C=O) groups excluding carboxylic acids is 1. The average Bonchev–Trinajstić information content (AvgIpc) is 2.90. The lowest BCUT2D eigenvalue weighted by molar-refractivity contribution is 0.0172. The molecule has 3 heterocycles. The van der Waals surface area contributed by atoms with Crippen molar-refractivity contribution in [3.63, 3.8) is 0 Å². The Kier molecular flexibility index (Phi) is 7.68. The number of likely N-dealkylation sites (tertiary alicyclic amines) is 1. The monoisotopic (exact) mass is 497 g/mol. The molecule has 0 bridgehead atoms. The second-order valence-corrected chi connectivity index (χ2v) is 10.6. The fourth-order valence-electron chi connectivity index (χ4n) is 6.35. The van der Waals surface area contributed by atoms with Crippen LogP contribution >= 0.6 is 0 Å². The van der Waals surface area contributed by atoms with E-state index in [-0.39, 0.29) is 11.9 Å². The summed E-state index contributed by atoms with van der Waals surface area (Å²) >= 11 is 0. The fourth-order valence-corrected chi connectivity index (χ4v) is 6.35. The first-order valence-corrected chi connectivity index (χ1v) is 13.6. The molecule has 1 aromatic heterocycles. The van der Waals surface area contributed by atoms with Crippen molar-refractivity contribution in [2.45, 2.75) is 58.7 Å². The number of carbonyl (C=O) groups is 1. The van der Waals surface area contributed by atoms with Crippen molar-refractivity contribution in [1.82, 2.24) is 24.7 Å². The summed E-state index contributed by atoms with van der Waals surface area (Å²) in [5.74, 6) is 0.806. The Labute approximate surface area is 221 Å². The number of benzene rings is 2. The molecule has 6 nitrogen and oxygen atoms in total. The third-order valence-electron chi connectivity index (χ3n) is 8.14. The molecule has 2 aliphatic rings. The maximum Gasteiger partial charge on any atom is 0.257 e. The Bertz CT molecular complexity index is 1140. The predicted octanol–water partition coefficient (Wildman–Crippen LogP) is 4.80. The molecule has 2 aromatic carbocycles. The van der Waals surface area contributed by atoms with Crippen molar-refractivity contribution in [3.05, 3.63) is 94.6 Å². The van der Waals surface area contributed by atoms with Crippen LogP contribution in [0.3, 0.4) is 0 Å². The zero-order chi connectivity index (χ0) is 25.9. The van der Waals surface area contributed by atoms with Crippen LogP contribution < -0.4 is 0 Å². The lowest BCUT2D eigenvalue weighted by atomic mass is 9.94. The summed E-state index contributed by atoms with van der Waals surface area (Å²) in [6, 6.07) is 23.0. The van der Waals surface area contributed by atoms with Gasteiger partial charge in [-0.15, -0.1) is 0 Å². The van der Waals surface area contributed by atoms with Gasteiger partial charge in [0.1, 0.15) is 5.82 Å². The van der Waals surface area contributed by atoms with E-state index in [4.69, 9.17) is 0 Å². The Balaban J connectivity index is 1.23. The van der Waals surface area contributed by atoms with Crippen molar-refractivity contribution in [2.24, 2.45) is 0 Å².